The molecule has 0 atom stereocenters. The third-order valence-corrected chi connectivity index (χ3v) is 3.66. The van der Waals surface area contributed by atoms with Crippen molar-refractivity contribution < 1.29 is 14.7 Å². The normalized spacial score (nSPS) is 19.4. The Bertz CT molecular complexity index is 434. The van der Waals surface area contributed by atoms with Crippen molar-refractivity contribution in [1.29, 1.82) is 5.26 Å². The van der Waals surface area contributed by atoms with Crippen LogP contribution in [0.3, 0.4) is 0 Å². The van der Waals surface area contributed by atoms with E-state index in [-0.39, 0.29) is 0 Å². The van der Waals surface area contributed by atoms with Crippen LogP contribution >= 0.6 is 23.2 Å². The summed E-state index contributed by atoms with van der Waals surface area (Å²) in [6.07, 6.45) is 3.75. The highest BCUT2D eigenvalue weighted by molar-refractivity contribution is 6.53. The van der Waals surface area contributed by atoms with Crippen molar-refractivity contribution in [3.05, 3.63) is 10.1 Å². The van der Waals surface area contributed by atoms with Gasteiger partial charge in [0.05, 0.1) is 6.07 Å². The highest BCUT2D eigenvalue weighted by Crippen LogP contribution is 2.28. The molecule has 2 N–H and O–H groups in total. The second-order valence-electron chi connectivity index (χ2n) is 4.14. The maximum Gasteiger partial charge on any atom is 0.349 e. The lowest BCUT2D eigenvalue weighted by molar-refractivity contribution is -0.132. The molecule has 0 saturated heterocycles. The third kappa shape index (κ3) is 3.37. The van der Waals surface area contributed by atoms with Gasteiger partial charge in [-0.15, -0.1) is 0 Å². The Morgan fingerprint density at radius 3 is 2.17 bits per heavy atom. The monoisotopic (exact) mass is 290 g/mol. The van der Waals surface area contributed by atoms with Gasteiger partial charge < -0.3 is 10.4 Å². The molecular formula is C11H12Cl2N2O3. The van der Waals surface area contributed by atoms with E-state index in [1.165, 1.54) is 0 Å². The summed E-state index contributed by atoms with van der Waals surface area (Å²) < 4.78 is 0. The van der Waals surface area contributed by atoms with Crippen LogP contribution in [0.2, 0.25) is 0 Å². The Labute approximate surface area is 114 Å². The van der Waals surface area contributed by atoms with Crippen LogP contribution in [0.1, 0.15) is 32.1 Å². The lowest BCUT2D eigenvalue weighted by Crippen LogP contribution is -2.48. The van der Waals surface area contributed by atoms with Gasteiger partial charge in [-0.05, 0) is 12.8 Å². The zero-order chi connectivity index (χ0) is 13.8. The van der Waals surface area contributed by atoms with Crippen molar-refractivity contribution in [2.75, 3.05) is 0 Å². The first-order chi connectivity index (χ1) is 8.42. The molecule has 1 aliphatic rings. The lowest BCUT2D eigenvalue weighted by atomic mass is 9.83. The zero-order valence-electron chi connectivity index (χ0n) is 9.50. The summed E-state index contributed by atoms with van der Waals surface area (Å²) in [4.78, 5) is 22.3. The lowest BCUT2D eigenvalue weighted by Gasteiger charge is -2.31. The minimum atomic E-state index is -1.48. The summed E-state index contributed by atoms with van der Waals surface area (Å²) in [6.45, 7) is 0. The van der Waals surface area contributed by atoms with Crippen LogP contribution in [-0.2, 0) is 9.59 Å². The molecule has 0 bridgehead atoms. The minimum Gasteiger partial charge on any atom is -0.477 e. The summed E-state index contributed by atoms with van der Waals surface area (Å²) in [7, 11) is 0. The Balaban J connectivity index is 2.84. The van der Waals surface area contributed by atoms with E-state index in [9.17, 15) is 9.59 Å². The molecule has 1 rings (SSSR count). The highest BCUT2D eigenvalue weighted by atomic mass is 35.5. The molecule has 0 spiro atoms. The van der Waals surface area contributed by atoms with Crippen molar-refractivity contribution in [1.82, 2.24) is 5.32 Å². The van der Waals surface area contributed by atoms with E-state index in [4.69, 9.17) is 33.6 Å². The Hall–Kier alpha value is -1.25. The van der Waals surface area contributed by atoms with E-state index in [0.717, 1.165) is 19.3 Å². The quantitative estimate of drug-likeness (QED) is 0.779. The van der Waals surface area contributed by atoms with Gasteiger partial charge in [0, 0.05) is 0 Å². The Kier molecular flexibility index (Phi) is 5.00. The van der Waals surface area contributed by atoms with Crippen LogP contribution in [0, 0.1) is 11.3 Å². The van der Waals surface area contributed by atoms with E-state index >= 15 is 0 Å². The van der Waals surface area contributed by atoms with Crippen molar-refractivity contribution in [3.63, 3.8) is 0 Å². The molecule has 0 aromatic carbocycles. The number of amides is 1. The number of nitriles is 1. The maximum absolute atomic E-state index is 11.7. The van der Waals surface area contributed by atoms with Gasteiger partial charge >= 0.3 is 5.97 Å². The number of hydrogen-bond acceptors (Lipinski definition) is 3. The first-order valence-electron chi connectivity index (χ1n) is 5.44. The largest absolute Gasteiger partial charge is 0.477 e. The fourth-order valence-corrected chi connectivity index (χ4v) is 2.10. The molecule has 0 aliphatic heterocycles. The number of carbonyl (C=O) groups is 2. The molecule has 0 unspecified atom stereocenters. The molecular weight excluding hydrogens is 279 g/mol. The average molecular weight is 291 g/mol. The standard InChI is InChI=1S/C11H12Cl2N2O3/c12-7(8(13)10(17)18)9(16)15-11(6-14)4-2-1-3-5-11/h1-5H2,(H,15,16)(H,17,18)/b8-7-. The molecule has 1 saturated carbocycles. The van der Waals surface area contributed by atoms with Gasteiger partial charge in [-0.2, -0.15) is 5.26 Å². The third-order valence-electron chi connectivity index (χ3n) is 2.85. The predicted octanol–water partition coefficient (Wildman–Crippen LogP) is 2.10. The summed E-state index contributed by atoms with van der Waals surface area (Å²) in [5, 5.41) is 18.9. The first-order valence-corrected chi connectivity index (χ1v) is 6.20. The Morgan fingerprint density at radius 1 is 1.17 bits per heavy atom. The topological polar surface area (TPSA) is 90.2 Å². The van der Waals surface area contributed by atoms with Crippen molar-refractivity contribution >= 4 is 35.1 Å². The summed E-state index contributed by atoms with van der Waals surface area (Å²) in [5.41, 5.74) is -0.967. The second kappa shape index (κ2) is 6.07. The van der Waals surface area contributed by atoms with Crippen LogP contribution in [0.15, 0.2) is 10.1 Å². The summed E-state index contributed by atoms with van der Waals surface area (Å²) in [6, 6.07) is 2.07. The van der Waals surface area contributed by atoms with Gasteiger partial charge in [0.15, 0.2) is 0 Å². The van der Waals surface area contributed by atoms with E-state index < -0.39 is 27.5 Å². The molecule has 5 nitrogen and oxygen atoms in total. The molecule has 18 heavy (non-hydrogen) atoms. The first kappa shape index (κ1) is 14.8. The van der Waals surface area contributed by atoms with Gasteiger partial charge in [-0.25, -0.2) is 4.79 Å². The van der Waals surface area contributed by atoms with E-state index in [2.05, 4.69) is 11.4 Å². The predicted molar refractivity (Wildman–Crippen MR) is 65.9 cm³/mol. The highest BCUT2D eigenvalue weighted by Gasteiger charge is 2.34. The Morgan fingerprint density at radius 2 is 1.72 bits per heavy atom. The van der Waals surface area contributed by atoms with Crippen molar-refractivity contribution in [2.45, 2.75) is 37.6 Å². The molecule has 1 aliphatic carbocycles. The van der Waals surface area contributed by atoms with Gasteiger partial charge in [0.2, 0.25) is 0 Å². The van der Waals surface area contributed by atoms with Crippen LogP contribution < -0.4 is 5.32 Å². The number of aliphatic carboxylic acids is 1. The number of nitrogens with one attached hydrogen (secondary N) is 1. The number of rotatable bonds is 3. The SMILES string of the molecule is N#CC1(NC(=O)/C(Cl)=C(/Cl)C(=O)O)CCCCC1. The van der Waals surface area contributed by atoms with E-state index in [0.29, 0.717) is 12.8 Å². The fourth-order valence-electron chi connectivity index (χ4n) is 1.89. The van der Waals surface area contributed by atoms with E-state index in [1.54, 1.807) is 0 Å². The van der Waals surface area contributed by atoms with Gasteiger partial charge in [0.25, 0.3) is 5.91 Å². The number of carboxylic acids is 1. The van der Waals surface area contributed by atoms with E-state index in [1.807, 2.05) is 0 Å². The number of carboxylic acid groups (broad SMARTS) is 1. The van der Waals surface area contributed by atoms with Crippen LogP contribution in [-0.4, -0.2) is 22.5 Å². The van der Waals surface area contributed by atoms with Crippen molar-refractivity contribution in [2.24, 2.45) is 0 Å². The van der Waals surface area contributed by atoms with Crippen molar-refractivity contribution in [3.8, 4) is 6.07 Å². The number of nitrogens with zero attached hydrogens (tertiary/aromatic N) is 1. The average Bonchev–Trinajstić information content (AvgIpc) is 2.37. The molecule has 7 heteroatoms. The molecule has 1 amide bonds. The number of hydrogen-bond donors (Lipinski definition) is 2. The van der Waals surface area contributed by atoms with Gasteiger partial charge in [0.1, 0.15) is 15.6 Å². The summed E-state index contributed by atoms with van der Waals surface area (Å²) in [5.74, 6) is -2.31. The second-order valence-corrected chi connectivity index (χ2v) is 4.90. The smallest absolute Gasteiger partial charge is 0.349 e. The zero-order valence-corrected chi connectivity index (χ0v) is 11.0. The number of carbonyl (C=O) groups excluding carboxylic acids is 1. The molecule has 0 aromatic rings. The molecule has 98 valence electrons. The van der Waals surface area contributed by atoms with Crippen LogP contribution in [0.25, 0.3) is 0 Å². The molecule has 0 aromatic heterocycles. The van der Waals surface area contributed by atoms with Gasteiger partial charge in [-0.3, -0.25) is 4.79 Å². The molecule has 0 heterocycles. The molecule has 1 fully saturated rings. The van der Waals surface area contributed by atoms with Crippen LogP contribution in [0.5, 0.6) is 0 Å². The minimum absolute atomic E-state index is 0.532. The molecule has 0 radical (unpaired) electrons. The maximum atomic E-state index is 11.7. The number of halogens is 2. The van der Waals surface area contributed by atoms with Gasteiger partial charge in [-0.1, -0.05) is 42.5 Å². The van der Waals surface area contributed by atoms with Crippen LogP contribution in [0.4, 0.5) is 0 Å². The fraction of sp³-hybridized carbons (Fsp3) is 0.545. The summed E-state index contributed by atoms with van der Waals surface area (Å²) >= 11 is 10.9.